The van der Waals surface area contributed by atoms with Gasteiger partial charge in [-0.05, 0) is 38.2 Å². The molecular weight excluding hydrogens is 266 g/mol. The van der Waals surface area contributed by atoms with E-state index in [2.05, 4.69) is 12.1 Å². The van der Waals surface area contributed by atoms with E-state index in [1.165, 1.54) is 5.56 Å². The van der Waals surface area contributed by atoms with Gasteiger partial charge in [-0.1, -0.05) is 30.3 Å². The SMILES string of the molecule is CC1CC(C(=O)O)CCN1C(=O)CCCc1ccccc1. The van der Waals surface area contributed by atoms with Crippen molar-refractivity contribution in [1.82, 2.24) is 4.90 Å². The minimum atomic E-state index is -0.738. The van der Waals surface area contributed by atoms with E-state index in [0.29, 0.717) is 25.8 Å². The molecule has 1 heterocycles. The average molecular weight is 289 g/mol. The van der Waals surface area contributed by atoms with Crippen LogP contribution in [0.25, 0.3) is 0 Å². The molecule has 114 valence electrons. The molecule has 1 amide bonds. The van der Waals surface area contributed by atoms with Crippen molar-refractivity contribution < 1.29 is 14.7 Å². The van der Waals surface area contributed by atoms with Crippen LogP contribution in [0.15, 0.2) is 30.3 Å². The van der Waals surface area contributed by atoms with Gasteiger partial charge in [0.2, 0.25) is 5.91 Å². The normalized spacial score (nSPS) is 22.0. The molecule has 0 saturated carbocycles. The number of amides is 1. The number of likely N-dealkylation sites (tertiary alicyclic amines) is 1. The average Bonchev–Trinajstić information content (AvgIpc) is 2.48. The summed E-state index contributed by atoms with van der Waals surface area (Å²) < 4.78 is 0. The molecule has 1 aliphatic heterocycles. The molecule has 1 fully saturated rings. The molecule has 2 rings (SSSR count). The number of benzene rings is 1. The molecule has 4 nitrogen and oxygen atoms in total. The summed E-state index contributed by atoms with van der Waals surface area (Å²) in [6, 6.07) is 10.2. The second-order valence-electron chi connectivity index (χ2n) is 5.83. The van der Waals surface area contributed by atoms with Gasteiger partial charge in [0.15, 0.2) is 0 Å². The van der Waals surface area contributed by atoms with Crippen LogP contribution < -0.4 is 0 Å². The number of carboxylic acids is 1. The maximum atomic E-state index is 12.3. The van der Waals surface area contributed by atoms with Crippen molar-refractivity contribution in [2.75, 3.05) is 6.54 Å². The van der Waals surface area contributed by atoms with Gasteiger partial charge >= 0.3 is 5.97 Å². The number of carbonyl (C=O) groups excluding carboxylic acids is 1. The first-order chi connectivity index (χ1) is 10.1. The van der Waals surface area contributed by atoms with Crippen LogP contribution in [0.5, 0.6) is 0 Å². The van der Waals surface area contributed by atoms with Gasteiger partial charge in [0, 0.05) is 19.0 Å². The highest BCUT2D eigenvalue weighted by atomic mass is 16.4. The lowest BCUT2D eigenvalue weighted by atomic mass is 9.91. The van der Waals surface area contributed by atoms with E-state index in [-0.39, 0.29) is 17.9 Å². The maximum absolute atomic E-state index is 12.3. The number of hydrogen-bond acceptors (Lipinski definition) is 2. The molecule has 1 aromatic carbocycles. The quantitative estimate of drug-likeness (QED) is 0.906. The number of nitrogens with zero attached hydrogens (tertiary/aromatic N) is 1. The Labute approximate surface area is 125 Å². The fourth-order valence-electron chi connectivity index (χ4n) is 3.00. The van der Waals surface area contributed by atoms with Crippen LogP contribution in [0.2, 0.25) is 0 Å². The summed E-state index contributed by atoms with van der Waals surface area (Å²) in [6.07, 6.45) is 3.43. The van der Waals surface area contributed by atoms with E-state index in [1.807, 2.05) is 30.0 Å². The molecule has 0 aliphatic carbocycles. The molecule has 2 unspecified atom stereocenters. The second kappa shape index (κ2) is 7.25. The molecule has 0 aromatic heterocycles. The smallest absolute Gasteiger partial charge is 0.306 e. The largest absolute Gasteiger partial charge is 0.481 e. The lowest BCUT2D eigenvalue weighted by molar-refractivity contribution is -0.147. The van der Waals surface area contributed by atoms with Crippen LogP contribution in [0.3, 0.4) is 0 Å². The van der Waals surface area contributed by atoms with E-state index in [1.54, 1.807) is 0 Å². The molecule has 2 atom stereocenters. The van der Waals surface area contributed by atoms with Crippen LogP contribution in [-0.4, -0.2) is 34.5 Å². The van der Waals surface area contributed by atoms with Crippen molar-refractivity contribution in [1.29, 1.82) is 0 Å². The minimum Gasteiger partial charge on any atom is -0.481 e. The van der Waals surface area contributed by atoms with Gasteiger partial charge in [0.05, 0.1) is 5.92 Å². The van der Waals surface area contributed by atoms with E-state index < -0.39 is 5.97 Å². The van der Waals surface area contributed by atoms with Crippen molar-refractivity contribution in [2.24, 2.45) is 5.92 Å². The summed E-state index contributed by atoms with van der Waals surface area (Å²) in [5, 5.41) is 9.04. The molecule has 1 aromatic rings. The summed E-state index contributed by atoms with van der Waals surface area (Å²) in [6.45, 7) is 2.52. The van der Waals surface area contributed by atoms with Gasteiger partial charge in [-0.15, -0.1) is 0 Å². The Morgan fingerprint density at radius 3 is 2.62 bits per heavy atom. The van der Waals surface area contributed by atoms with E-state index in [0.717, 1.165) is 12.8 Å². The molecule has 0 bridgehead atoms. The lowest BCUT2D eigenvalue weighted by Crippen LogP contribution is -2.46. The Hall–Kier alpha value is -1.84. The number of carbonyl (C=O) groups is 2. The first-order valence-electron chi connectivity index (χ1n) is 7.64. The molecule has 1 saturated heterocycles. The molecule has 1 aliphatic rings. The van der Waals surface area contributed by atoms with Crippen molar-refractivity contribution >= 4 is 11.9 Å². The number of piperidine rings is 1. The standard InChI is InChI=1S/C17H23NO3/c1-13-12-15(17(20)21)10-11-18(13)16(19)9-5-8-14-6-3-2-4-7-14/h2-4,6-7,13,15H,5,8-12H2,1H3,(H,20,21). The molecule has 21 heavy (non-hydrogen) atoms. The number of carboxylic acid groups (broad SMARTS) is 1. The predicted octanol–water partition coefficient (Wildman–Crippen LogP) is 2.72. The fraction of sp³-hybridized carbons (Fsp3) is 0.529. The summed E-state index contributed by atoms with van der Waals surface area (Å²) in [7, 11) is 0. The van der Waals surface area contributed by atoms with Crippen LogP contribution >= 0.6 is 0 Å². The second-order valence-corrected chi connectivity index (χ2v) is 5.83. The topological polar surface area (TPSA) is 57.6 Å². The number of hydrogen-bond donors (Lipinski definition) is 1. The Kier molecular flexibility index (Phi) is 5.37. The zero-order valence-electron chi connectivity index (χ0n) is 12.5. The van der Waals surface area contributed by atoms with Gasteiger partial charge in [0.25, 0.3) is 0 Å². The third kappa shape index (κ3) is 4.31. The zero-order valence-corrected chi connectivity index (χ0v) is 12.5. The zero-order chi connectivity index (χ0) is 15.2. The van der Waals surface area contributed by atoms with Gasteiger partial charge in [-0.2, -0.15) is 0 Å². The predicted molar refractivity (Wildman–Crippen MR) is 80.9 cm³/mol. The highest BCUT2D eigenvalue weighted by molar-refractivity contribution is 5.77. The summed E-state index contributed by atoms with van der Waals surface area (Å²) in [4.78, 5) is 25.1. The molecule has 0 spiro atoms. The third-order valence-electron chi connectivity index (χ3n) is 4.24. The summed E-state index contributed by atoms with van der Waals surface area (Å²) in [5.74, 6) is -0.881. The number of aliphatic carboxylic acids is 1. The molecule has 4 heteroatoms. The first-order valence-corrected chi connectivity index (χ1v) is 7.64. The fourth-order valence-corrected chi connectivity index (χ4v) is 3.00. The van der Waals surface area contributed by atoms with Crippen molar-refractivity contribution in [3.63, 3.8) is 0 Å². The Morgan fingerprint density at radius 2 is 2.00 bits per heavy atom. The minimum absolute atomic E-state index is 0.0316. The van der Waals surface area contributed by atoms with Gasteiger partial charge in [-0.25, -0.2) is 0 Å². The van der Waals surface area contributed by atoms with Crippen LogP contribution in [0, 0.1) is 5.92 Å². The van der Waals surface area contributed by atoms with Crippen LogP contribution in [0.4, 0.5) is 0 Å². The number of aryl methyl sites for hydroxylation is 1. The highest BCUT2D eigenvalue weighted by Gasteiger charge is 2.31. The van der Waals surface area contributed by atoms with Crippen molar-refractivity contribution in [3.05, 3.63) is 35.9 Å². The first kappa shape index (κ1) is 15.5. The highest BCUT2D eigenvalue weighted by Crippen LogP contribution is 2.24. The van der Waals surface area contributed by atoms with Gasteiger partial charge in [0.1, 0.15) is 0 Å². The summed E-state index contributed by atoms with van der Waals surface area (Å²) >= 11 is 0. The maximum Gasteiger partial charge on any atom is 0.306 e. The van der Waals surface area contributed by atoms with Crippen molar-refractivity contribution in [2.45, 2.75) is 45.1 Å². The molecule has 0 radical (unpaired) electrons. The van der Waals surface area contributed by atoms with E-state index in [9.17, 15) is 9.59 Å². The van der Waals surface area contributed by atoms with E-state index >= 15 is 0 Å². The Bertz CT molecular complexity index is 486. The monoisotopic (exact) mass is 289 g/mol. The Morgan fingerprint density at radius 1 is 1.29 bits per heavy atom. The number of rotatable bonds is 5. The van der Waals surface area contributed by atoms with Crippen LogP contribution in [-0.2, 0) is 16.0 Å². The van der Waals surface area contributed by atoms with Crippen molar-refractivity contribution in [3.8, 4) is 0 Å². The third-order valence-corrected chi connectivity index (χ3v) is 4.24. The van der Waals surface area contributed by atoms with E-state index in [4.69, 9.17) is 5.11 Å². The van der Waals surface area contributed by atoms with Crippen LogP contribution in [0.1, 0.15) is 38.2 Å². The molecule has 1 N–H and O–H groups in total. The van der Waals surface area contributed by atoms with Gasteiger partial charge < -0.3 is 10.0 Å². The Balaban J connectivity index is 1.77. The molecular formula is C17H23NO3. The summed E-state index contributed by atoms with van der Waals surface area (Å²) in [5.41, 5.74) is 1.25. The lowest BCUT2D eigenvalue weighted by Gasteiger charge is -2.36. The van der Waals surface area contributed by atoms with Gasteiger partial charge in [-0.3, -0.25) is 9.59 Å².